The molecule has 2 N–H and O–H groups in total. The molecule has 0 bridgehead atoms. The Morgan fingerprint density at radius 1 is 1.14 bits per heavy atom. The number of hydrogen-bond acceptors (Lipinski definition) is 2. The number of amides is 2. The number of carbonyl (C=O) groups is 1. The summed E-state index contributed by atoms with van der Waals surface area (Å²) in [6.07, 6.45) is -1.25. The Kier molecular flexibility index (Phi) is 7.56. The van der Waals surface area contributed by atoms with Crippen molar-refractivity contribution in [3.05, 3.63) is 29.8 Å². The van der Waals surface area contributed by atoms with Gasteiger partial charge in [0.2, 0.25) is 0 Å². The van der Waals surface area contributed by atoms with Crippen molar-refractivity contribution in [2.75, 3.05) is 13.2 Å². The molecule has 124 valence electrons. The molecule has 0 aliphatic rings. The second kappa shape index (κ2) is 9.17. The molecule has 0 spiro atoms. The predicted octanol–water partition coefficient (Wildman–Crippen LogP) is 3.62. The number of urea groups is 1. The van der Waals surface area contributed by atoms with Crippen molar-refractivity contribution < 1.29 is 22.7 Å². The van der Waals surface area contributed by atoms with E-state index in [1.54, 1.807) is 12.1 Å². The quantitative estimate of drug-likeness (QED) is 0.719. The first-order valence-electron chi connectivity index (χ1n) is 7.21. The molecule has 0 aliphatic heterocycles. The highest BCUT2D eigenvalue weighted by molar-refractivity contribution is 5.73. The summed E-state index contributed by atoms with van der Waals surface area (Å²) in [6, 6.07) is 5.86. The zero-order valence-electron chi connectivity index (χ0n) is 12.5. The zero-order chi connectivity index (χ0) is 16.4. The topological polar surface area (TPSA) is 50.4 Å². The predicted molar refractivity (Wildman–Crippen MR) is 77.8 cm³/mol. The van der Waals surface area contributed by atoms with Gasteiger partial charge in [-0.2, -0.15) is 13.2 Å². The molecule has 0 aliphatic carbocycles. The smallest absolute Gasteiger partial charge is 0.422 e. The molecule has 0 unspecified atom stereocenters. The number of rotatable bonds is 8. The minimum atomic E-state index is -4.35. The van der Waals surface area contributed by atoms with Gasteiger partial charge in [0, 0.05) is 13.1 Å². The number of hydrogen-bond donors (Lipinski definition) is 2. The van der Waals surface area contributed by atoms with Gasteiger partial charge in [-0.3, -0.25) is 0 Å². The molecular formula is C15H21F3N2O2. The lowest BCUT2D eigenvalue weighted by Crippen LogP contribution is -2.35. The molecule has 0 saturated carbocycles. The van der Waals surface area contributed by atoms with E-state index in [0.717, 1.165) is 24.8 Å². The molecule has 1 aromatic carbocycles. The molecule has 22 heavy (non-hydrogen) atoms. The third-order valence-electron chi connectivity index (χ3n) is 2.84. The number of halogens is 3. The second-order valence-electron chi connectivity index (χ2n) is 4.86. The van der Waals surface area contributed by atoms with Crippen molar-refractivity contribution in [1.29, 1.82) is 0 Å². The lowest BCUT2D eigenvalue weighted by molar-refractivity contribution is -0.153. The van der Waals surface area contributed by atoms with E-state index in [1.807, 2.05) is 0 Å². The fourth-order valence-electron chi connectivity index (χ4n) is 1.69. The fourth-order valence-corrected chi connectivity index (χ4v) is 1.69. The van der Waals surface area contributed by atoms with Crippen LogP contribution in [0.1, 0.15) is 31.7 Å². The molecular weight excluding hydrogens is 297 g/mol. The second-order valence-corrected chi connectivity index (χ2v) is 4.86. The maximum absolute atomic E-state index is 12.0. The van der Waals surface area contributed by atoms with Crippen LogP contribution in [0, 0.1) is 0 Å². The summed E-state index contributed by atoms with van der Waals surface area (Å²) in [4.78, 5) is 11.5. The highest BCUT2D eigenvalue weighted by atomic mass is 19.4. The number of benzene rings is 1. The van der Waals surface area contributed by atoms with Crippen molar-refractivity contribution in [3.8, 4) is 5.75 Å². The number of nitrogens with one attached hydrogen (secondary N) is 2. The van der Waals surface area contributed by atoms with Crippen molar-refractivity contribution in [2.24, 2.45) is 0 Å². The van der Waals surface area contributed by atoms with Gasteiger partial charge in [0.15, 0.2) is 6.61 Å². The number of ether oxygens (including phenoxy) is 1. The Morgan fingerprint density at radius 3 is 2.41 bits per heavy atom. The van der Waals surface area contributed by atoms with Gasteiger partial charge in [0.05, 0.1) is 0 Å². The maximum Gasteiger partial charge on any atom is 0.422 e. The van der Waals surface area contributed by atoms with Crippen LogP contribution < -0.4 is 15.4 Å². The van der Waals surface area contributed by atoms with E-state index in [1.165, 1.54) is 12.1 Å². The van der Waals surface area contributed by atoms with E-state index >= 15 is 0 Å². The third kappa shape index (κ3) is 8.39. The van der Waals surface area contributed by atoms with Gasteiger partial charge in [0.1, 0.15) is 5.75 Å². The van der Waals surface area contributed by atoms with Crippen molar-refractivity contribution in [3.63, 3.8) is 0 Å². The molecule has 0 atom stereocenters. The Bertz CT molecular complexity index is 447. The van der Waals surface area contributed by atoms with Crippen LogP contribution in [0.3, 0.4) is 0 Å². The Hall–Kier alpha value is -1.92. The van der Waals surface area contributed by atoms with Gasteiger partial charge in [-0.1, -0.05) is 31.9 Å². The van der Waals surface area contributed by atoms with E-state index < -0.39 is 12.8 Å². The van der Waals surface area contributed by atoms with Gasteiger partial charge in [-0.25, -0.2) is 4.79 Å². The standard InChI is InChI=1S/C15H21F3N2O2/c1-2-3-4-9-19-14(21)20-10-12-5-7-13(8-6-12)22-11-15(16,17)18/h5-8H,2-4,9-11H2,1H3,(H2,19,20,21). The van der Waals surface area contributed by atoms with Gasteiger partial charge >= 0.3 is 12.2 Å². The van der Waals surface area contributed by atoms with Crippen molar-refractivity contribution in [1.82, 2.24) is 10.6 Å². The van der Waals surface area contributed by atoms with Gasteiger partial charge in [0.25, 0.3) is 0 Å². The first-order valence-corrected chi connectivity index (χ1v) is 7.21. The van der Waals surface area contributed by atoms with Crippen LogP contribution >= 0.6 is 0 Å². The minimum Gasteiger partial charge on any atom is -0.484 e. The van der Waals surface area contributed by atoms with Crippen LogP contribution in [-0.4, -0.2) is 25.4 Å². The molecule has 0 fully saturated rings. The first kappa shape index (κ1) is 18.1. The van der Waals surface area contributed by atoms with E-state index in [4.69, 9.17) is 0 Å². The van der Waals surface area contributed by atoms with E-state index in [0.29, 0.717) is 13.1 Å². The van der Waals surface area contributed by atoms with Crippen LogP contribution in [-0.2, 0) is 6.54 Å². The first-order chi connectivity index (χ1) is 10.4. The number of carbonyl (C=O) groups excluding carboxylic acids is 1. The van der Waals surface area contributed by atoms with E-state index in [-0.39, 0.29) is 11.8 Å². The number of unbranched alkanes of at least 4 members (excludes halogenated alkanes) is 2. The molecule has 0 radical (unpaired) electrons. The highest BCUT2D eigenvalue weighted by Gasteiger charge is 2.28. The Morgan fingerprint density at radius 2 is 1.82 bits per heavy atom. The Balaban J connectivity index is 2.27. The average Bonchev–Trinajstić information content (AvgIpc) is 2.48. The van der Waals surface area contributed by atoms with Crippen LogP contribution in [0.15, 0.2) is 24.3 Å². The lowest BCUT2D eigenvalue weighted by atomic mass is 10.2. The summed E-state index contributed by atoms with van der Waals surface area (Å²) in [5.74, 6) is 0.144. The van der Waals surface area contributed by atoms with Crippen LogP contribution in [0.4, 0.5) is 18.0 Å². The lowest BCUT2D eigenvalue weighted by Gasteiger charge is -2.10. The summed E-state index contributed by atoms with van der Waals surface area (Å²) in [6.45, 7) is 1.70. The minimum absolute atomic E-state index is 0.144. The average molecular weight is 318 g/mol. The normalized spacial score (nSPS) is 11.1. The molecule has 1 aromatic rings. The van der Waals surface area contributed by atoms with Gasteiger partial charge < -0.3 is 15.4 Å². The monoisotopic (exact) mass is 318 g/mol. The van der Waals surface area contributed by atoms with Crippen molar-refractivity contribution >= 4 is 6.03 Å². The van der Waals surface area contributed by atoms with E-state index in [2.05, 4.69) is 22.3 Å². The molecule has 7 heteroatoms. The van der Waals surface area contributed by atoms with Gasteiger partial charge in [-0.05, 0) is 24.1 Å². The zero-order valence-corrected chi connectivity index (χ0v) is 12.5. The summed E-state index contributed by atoms with van der Waals surface area (Å²) >= 11 is 0. The van der Waals surface area contributed by atoms with E-state index in [9.17, 15) is 18.0 Å². The Labute approximate surface area is 128 Å². The maximum atomic E-state index is 12.0. The molecule has 2 amide bonds. The molecule has 0 saturated heterocycles. The molecule has 0 heterocycles. The summed E-state index contributed by atoms with van der Waals surface area (Å²) < 4.78 is 40.6. The van der Waals surface area contributed by atoms with Crippen LogP contribution in [0.2, 0.25) is 0 Å². The molecule has 4 nitrogen and oxygen atoms in total. The number of alkyl halides is 3. The largest absolute Gasteiger partial charge is 0.484 e. The summed E-state index contributed by atoms with van der Waals surface area (Å²) in [5.41, 5.74) is 0.781. The fraction of sp³-hybridized carbons (Fsp3) is 0.533. The highest BCUT2D eigenvalue weighted by Crippen LogP contribution is 2.18. The SMILES string of the molecule is CCCCCNC(=O)NCc1ccc(OCC(F)(F)F)cc1. The molecule has 1 rings (SSSR count). The van der Waals surface area contributed by atoms with Gasteiger partial charge in [-0.15, -0.1) is 0 Å². The van der Waals surface area contributed by atoms with Crippen molar-refractivity contribution in [2.45, 2.75) is 38.9 Å². The summed E-state index contributed by atoms with van der Waals surface area (Å²) in [7, 11) is 0. The third-order valence-corrected chi connectivity index (χ3v) is 2.84. The molecule has 0 aromatic heterocycles. The summed E-state index contributed by atoms with van der Waals surface area (Å²) in [5, 5.41) is 5.42. The van der Waals surface area contributed by atoms with Crippen LogP contribution in [0.25, 0.3) is 0 Å². The van der Waals surface area contributed by atoms with Crippen LogP contribution in [0.5, 0.6) is 5.75 Å².